The first-order chi connectivity index (χ1) is 9.36. The van der Waals surface area contributed by atoms with Gasteiger partial charge in [-0.2, -0.15) is 13.2 Å². The van der Waals surface area contributed by atoms with Crippen LogP contribution < -0.4 is 5.32 Å². The maximum Gasteiger partial charge on any atom is 0.416 e. The van der Waals surface area contributed by atoms with Crippen LogP contribution in [0.3, 0.4) is 0 Å². The van der Waals surface area contributed by atoms with E-state index in [4.69, 9.17) is 0 Å². The van der Waals surface area contributed by atoms with E-state index in [0.717, 1.165) is 28.0 Å². The molecule has 20 heavy (non-hydrogen) atoms. The smallest absolute Gasteiger partial charge is 0.377 e. The third kappa shape index (κ3) is 3.72. The van der Waals surface area contributed by atoms with Crippen molar-refractivity contribution in [2.75, 3.05) is 5.32 Å². The zero-order valence-electron chi connectivity index (χ0n) is 10.6. The van der Waals surface area contributed by atoms with Gasteiger partial charge in [0.1, 0.15) is 4.60 Å². The Balaban J connectivity index is 2.09. The van der Waals surface area contributed by atoms with Gasteiger partial charge in [-0.25, -0.2) is 4.98 Å². The van der Waals surface area contributed by atoms with Gasteiger partial charge in [-0.05, 0) is 52.7 Å². The largest absolute Gasteiger partial charge is 0.416 e. The van der Waals surface area contributed by atoms with Crippen LogP contribution in [-0.4, -0.2) is 4.98 Å². The van der Waals surface area contributed by atoms with Crippen molar-refractivity contribution in [3.05, 3.63) is 58.3 Å². The number of hydrogen-bond acceptors (Lipinski definition) is 2. The van der Waals surface area contributed by atoms with Gasteiger partial charge in [-0.15, -0.1) is 0 Å². The van der Waals surface area contributed by atoms with Crippen molar-refractivity contribution in [2.45, 2.75) is 19.1 Å². The highest BCUT2D eigenvalue weighted by Gasteiger charge is 2.30. The summed E-state index contributed by atoms with van der Waals surface area (Å²) in [5, 5.41) is 3.18. The van der Waals surface area contributed by atoms with Gasteiger partial charge in [-0.3, -0.25) is 0 Å². The molecule has 1 aromatic carbocycles. The molecule has 0 aliphatic heterocycles. The van der Waals surface area contributed by atoms with Gasteiger partial charge in [0.25, 0.3) is 0 Å². The second kappa shape index (κ2) is 5.83. The molecule has 2 rings (SSSR count). The van der Waals surface area contributed by atoms with E-state index < -0.39 is 11.7 Å². The zero-order chi connectivity index (χ0) is 14.8. The maximum absolute atomic E-state index is 12.5. The second-order valence-corrected chi connectivity index (χ2v) is 5.17. The van der Waals surface area contributed by atoms with Crippen LogP contribution in [0.2, 0.25) is 0 Å². The number of anilines is 1. The number of nitrogens with one attached hydrogen (secondary N) is 1. The summed E-state index contributed by atoms with van der Waals surface area (Å²) < 4.78 is 38.2. The maximum atomic E-state index is 12.5. The summed E-state index contributed by atoms with van der Waals surface area (Å²) >= 11 is 3.24. The number of halogens is 4. The van der Waals surface area contributed by atoms with Crippen molar-refractivity contribution in [1.29, 1.82) is 0 Å². The lowest BCUT2D eigenvalue weighted by atomic mass is 10.1. The van der Waals surface area contributed by atoms with Gasteiger partial charge >= 0.3 is 6.18 Å². The highest BCUT2D eigenvalue weighted by Crippen LogP contribution is 2.30. The van der Waals surface area contributed by atoms with Crippen LogP contribution in [0.15, 0.2) is 47.2 Å². The predicted molar refractivity (Wildman–Crippen MR) is 75.4 cm³/mol. The zero-order valence-corrected chi connectivity index (χ0v) is 12.2. The van der Waals surface area contributed by atoms with E-state index >= 15 is 0 Å². The molecule has 2 nitrogen and oxygen atoms in total. The first-order valence-electron chi connectivity index (χ1n) is 5.91. The average molecular weight is 345 g/mol. The number of aromatic nitrogens is 1. The molecule has 1 N–H and O–H groups in total. The van der Waals surface area contributed by atoms with Crippen LogP contribution in [0, 0.1) is 0 Å². The summed E-state index contributed by atoms with van der Waals surface area (Å²) in [5.41, 5.74) is 0.945. The minimum atomic E-state index is -4.30. The lowest BCUT2D eigenvalue weighted by Gasteiger charge is -2.16. The van der Waals surface area contributed by atoms with E-state index in [2.05, 4.69) is 26.2 Å². The van der Waals surface area contributed by atoms with E-state index in [1.54, 1.807) is 12.3 Å². The Labute approximate surface area is 123 Å². The molecule has 1 aromatic heterocycles. The molecule has 6 heteroatoms. The Kier molecular flexibility index (Phi) is 4.32. The standard InChI is InChI=1S/C14H12BrF3N2/c1-9(20-12-6-7-13(15)19-8-12)10-2-4-11(5-3-10)14(16,17)18/h2-9,20H,1H3. The SMILES string of the molecule is CC(Nc1ccc(Br)nc1)c1ccc(C(F)(F)F)cc1. The number of rotatable bonds is 3. The van der Waals surface area contributed by atoms with Crippen LogP contribution in [-0.2, 0) is 6.18 Å². The normalized spacial score (nSPS) is 13.1. The first-order valence-corrected chi connectivity index (χ1v) is 6.71. The Morgan fingerprint density at radius 2 is 1.75 bits per heavy atom. The van der Waals surface area contributed by atoms with Crippen molar-refractivity contribution in [3.63, 3.8) is 0 Å². The van der Waals surface area contributed by atoms with Crippen LogP contribution in [0.4, 0.5) is 18.9 Å². The van der Waals surface area contributed by atoms with Crippen LogP contribution in [0.5, 0.6) is 0 Å². The molecule has 106 valence electrons. The number of hydrogen-bond donors (Lipinski definition) is 1. The lowest BCUT2D eigenvalue weighted by Crippen LogP contribution is -2.09. The van der Waals surface area contributed by atoms with Crippen LogP contribution in [0.1, 0.15) is 24.1 Å². The molecule has 1 atom stereocenters. The third-order valence-corrected chi connectivity index (χ3v) is 3.32. The average Bonchev–Trinajstić information content (AvgIpc) is 2.40. The topological polar surface area (TPSA) is 24.9 Å². The number of alkyl halides is 3. The van der Waals surface area contributed by atoms with Gasteiger partial charge in [0.2, 0.25) is 0 Å². The third-order valence-electron chi connectivity index (χ3n) is 2.85. The number of benzene rings is 1. The molecule has 0 fully saturated rings. The van der Waals surface area contributed by atoms with E-state index in [0.29, 0.717) is 0 Å². The highest BCUT2D eigenvalue weighted by atomic mass is 79.9. The number of nitrogens with zero attached hydrogens (tertiary/aromatic N) is 1. The summed E-state index contributed by atoms with van der Waals surface area (Å²) in [4.78, 5) is 4.08. The molecule has 0 aliphatic rings. The molecular weight excluding hydrogens is 333 g/mol. The molecule has 0 aliphatic carbocycles. The van der Waals surface area contributed by atoms with Gasteiger partial charge in [-0.1, -0.05) is 12.1 Å². The van der Waals surface area contributed by atoms with E-state index in [1.807, 2.05) is 13.0 Å². The van der Waals surface area contributed by atoms with Gasteiger partial charge < -0.3 is 5.32 Å². The Morgan fingerprint density at radius 3 is 2.25 bits per heavy atom. The monoisotopic (exact) mass is 344 g/mol. The lowest BCUT2D eigenvalue weighted by molar-refractivity contribution is -0.137. The number of pyridine rings is 1. The van der Waals surface area contributed by atoms with Crippen molar-refractivity contribution in [3.8, 4) is 0 Å². The van der Waals surface area contributed by atoms with Crippen molar-refractivity contribution < 1.29 is 13.2 Å². The van der Waals surface area contributed by atoms with Gasteiger partial charge in [0.05, 0.1) is 17.4 Å². The summed E-state index contributed by atoms with van der Waals surface area (Å²) in [6, 6.07) is 8.67. The molecule has 0 spiro atoms. The van der Waals surface area contributed by atoms with Crippen LogP contribution in [0.25, 0.3) is 0 Å². The molecular formula is C14H12BrF3N2. The fourth-order valence-electron chi connectivity index (χ4n) is 1.76. The van der Waals surface area contributed by atoms with Crippen molar-refractivity contribution >= 4 is 21.6 Å². The fourth-order valence-corrected chi connectivity index (χ4v) is 1.99. The van der Waals surface area contributed by atoms with E-state index in [1.165, 1.54) is 12.1 Å². The van der Waals surface area contributed by atoms with Crippen LogP contribution >= 0.6 is 15.9 Å². The highest BCUT2D eigenvalue weighted by molar-refractivity contribution is 9.10. The quantitative estimate of drug-likeness (QED) is 0.789. The predicted octanol–water partition coefficient (Wildman–Crippen LogP) is 5.04. The second-order valence-electron chi connectivity index (χ2n) is 4.36. The van der Waals surface area contributed by atoms with Crippen molar-refractivity contribution in [2.24, 2.45) is 0 Å². The summed E-state index contributed by atoms with van der Waals surface area (Å²) in [6.45, 7) is 1.88. The molecule has 1 unspecified atom stereocenters. The minimum absolute atomic E-state index is 0.111. The molecule has 0 bridgehead atoms. The molecule has 0 saturated heterocycles. The van der Waals surface area contributed by atoms with E-state index in [9.17, 15) is 13.2 Å². The van der Waals surface area contributed by atoms with Gasteiger partial charge in [0.15, 0.2) is 0 Å². The first kappa shape index (κ1) is 14.8. The van der Waals surface area contributed by atoms with Crippen molar-refractivity contribution in [1.82, 2.24) is 4.98 Å². The molecule has 0 amide bonds. The Bertz CT molecular complexity index is 564. The fraction of sp³-hybridized carbons (Fsp3) is 0.214. The van der Waals surface area contributed by atoms with E-state index in [-0.39, 0.29) is 6.04 Å². The molecule has 0 radical (unpaired) electrons. The molecule has 0 saturated carbocycles. The summed E-state index contributed by atoms with van der Waals surface area (Å²) in [6.07, 6.45) is -2.64. The van der Waals surface area contributed by atoms with Gasteiger partial charge in [0, 0.05) is 6.04 Å². The summed E-state index contributed by atoms with van der Waals surface area (Å²) in [7, 11) is 0. The Hall–Kier alpha value is -1.56. The summed E-state index contributed by atoms with van der Waals surface area (Å²) in [5.74, 6) is 0. The minimum Gasteiger partial charge on any atom is -0.377 e. The Morgan fingerprint density at radius 1 is 1.10 bits per heavy atom. The molecule has 1 heterocycles. The molecule has 2 aromatic rings.